The average Bonchev–Trinajstić information content (AvgIpc) is 3.30. The molecule has 3 rings (SSSR count). The maximum Gasteiger partial charge on any atom is 0.343 e. The molecule has 0 aromatic heterocycles. The normalized spacial score (nSPS) is 15.7. The summed E-state index contributed by atoms with van der Waals surface area (Å²) in [6.45, 7) is 1.28. The van der Waals surface area contributed by atoms with E-state index in [1.807, 2.05) is 0 Å². The van der Waals surface area contributed by atoms with Crippen molar-refractivity contribution in [3.63, 3.8) is 0 Å². The number of carbonyl (C=O) groups is 2. The van der Waals surface area contributed by atoms with Crippen LogP contribution in [0.3, 0.4) is 0 Å². The van der Waals surface area contributed by atoms with Crippen molar-refractivity contribution in [3.05, 3.63) is 59.7 Å². The van der Waals surface area contributed by atoms with Crippen molar-refractivity contribution in [1.82, 2.24) is 0 Å². The fourth-order valence-corrected chi connectivity index (χ4v) is 2.92. The van der Waals surface area contributed by atoms with Crippen LogP contribution in [0.2, 0.25) is 0 Å². The van der Waals surface area contributed by atoms with Gasteiger partial charge < -0.3 is 23.7 Å². The molecule has 7 nitrogen and oxygen atoms in total. The maximum atomic E-state index is 12.5. The molecule has 1 saturated heterocycles. The molecule has 1 heterocycles. The number of methoxy groups -OCH3 is 2. The van der Waals surface area contributed by atoms with E-state index in [9.17, 15) is 9.59 Å². The van der Waals surface area contributed by atoms with Crippen LogP contribution < -0.4 is 14.2 Å². The van der Waals surface area contributed by atoms with Gasteiger partial charge in [0.05, 0.1) is 25.9 Å². The molecule has 0 amide bonds. The standard InChI is InChI=1S/C23H24O7/c1-26-21-14-16(6-12-22(24)27-2)5-11-20(21)30-23(25)17-7-9-18(10-8-17)29-15-19-4-3-13-28-19/h5-12,14,19H,3-4,13,15H2,1-2H3/b12-6+. The Hall–Kier alpha value is -3.32. The van der Waals surface area contributed by atoms with E-state index >= 15 is 0 Å². The van der Waals surface area contributed by atoms with Gasteiger partial charge in [-0.25, -0.2) is 9.59 Å². The van der Waals surface area contributed by atoms with Crippen LogP contribution in [0.5, 0.6) is 17.2 Å². The molecular weight excluding hydrogens is 388 g/mol. The second kappa shape index (κ2) is 10.5. The van der Waals surface area contributed by atoms with E-state index in [4.69, 9.17) is 18.9 Å². The molecule has 0 radical (unpaired) electrons. The number of esters is 2. The van der Waals surface area contributed by atoms with Crippen molar-refractivity contribution in [3.8, 4) is 17.2 Å². The van der Waals surface area contributed by atoms with Gasteiger partial charge >= 0.3 is 11.9 Å². The summed E-state index contributed by atoms with van der Waals surface area (Å²) in [5, 5.41) is 0. The molecule has 0 bridgehead atoms. The van der Waals surface area contributed by atoms with Gasteiger partial charge in [-0.1, -0.05) is 6.07 Å². The Labute approximate surface area is 175 Å². The summed E-state index contributed by atoms with van der Waals surface area (Å²) in [7, 11) is 2.78. The molecule has 2 aromatic carbocycles. The van der Waals surface area contributed by atoms with Crippen LogP contribution in [0.4, 0.5) is 0 Å². The lowest BCUT2D eigenvalue weighted by molar-refractivity contribution is -0.134. The van der Waals surface area contributed by atoms with E-state index in [-0.39, 0.29) is 11.9 Å². The first-order valence-corrected chi connectivity index (χ1v) is 9.59. The van der Waals surface area contributed by atoms with Gasteiger partial charge in [0.15, 0.2) is 11.5 Å². The second-order valence-corrected chi connectivity index (χ2v) is 6.63. The third-order valence-corrected chi connectivity index (χ3v) is 4.55. The number of hydrogen-bond donors (Lipinski definition) is 0. The molecule has 1 unspecified atom stereocenters. The number of benzene rings is 2. The van der Waals surface area contributed by atoms with E-state index in [1.54, 1.807) is 48.5 Å². The summed E-state index contributed by atoms with van der Waals surface area (Å²) in [5.41, 5.74) is 1.08. The number of carbonyl (C=O) groups excluding carboxylic acids is 2. The van der Waals surface area contributed by atoms with Gasteiger partial charge in [-0.3, -0.25) is 0 Å². The first kappa shape index (κ1) is 21.4. The van der Waals surface area contributed by atoms with Crippen molar-refractivity contribution in [2.24, 2.45) is 0 Å². The van der Waals surface area contributed by atoms with E-state index in [0.717, 1.165) is 19.4 Å². The van der Waals surface area contributed by atoms with Crippen LogP contribution >= 0.6 is 0 Å². The Morgan fingerprint density at radius 1 is 1.10 bits per heavy atom. The maximum absolute atomic E-state index is 12.5. The highest BCUT2D eigenvalue weighted by Crippen LogP contribution is 2.29. The molecule has 0 spiro atoms. The van der Waals surface area contributed by atoms with Gasteiger partial charge in [0, 0.05) is 12.7 Å². The van der Waals surface area contributed by atoms with Crippen LogP contribution in [0.25, 0.3) is 6.08 Å². The smallest absolute Gasteiger partial charge is 0.343 e. The predicted octanol–water partition coefficient (Wildman–Crippen LogP) is 3.66. The fraction of sp³-hybridized carbons (Fsp3) is 0.304. The lowest BCUT2D eigenvalue weighted by Crippen LogP contribution is -2.16. The molecule has 0 aliphatic carbocycles. The van der Waals surface area contributed by atoms with Gasteiger partial charge in [0.25, 0.3) is 0 Å². The zero-order chi connectivity index (χ0) is 21.3. The lowest BCUT2D eigenvalue weighted by Gasteiger charge is -2.12. The van der Waals surface area contributed by atoms with E-state index in [0.29, 0.717) is 29.2 Å². The number of rotatable bonds is 8. The molecule has 1 aliphatic heterocycles. The van der Waals surface area contributed by atoms with Gasteiger partial charge in [0.1, 0.15) is 12.4 Å². The Bertz CT molecular complexity index is 896. The molecular formula is C23H24O7. The number of hydrogen-bond acceptors (Lipinski definition) is 7. The van der Waals surface area contributed by atoms with Crippen molar-refractivity contribution in [2.45, 2.75) is 18.9 Å². The Kier molecular flexibility index (Phi) is 7.45. The van der Waals surface area contributed by atoms with E-state index in [2.05, 4.69) is 4.74 Å². The van der Waals surface area contributed by atoms with Crippen LogP contribution in [0.1, 0.15) is 28.8 Å². The highest BCUT2D eigenvalue weighted by molar-refractivity contribution is 5.91. The third kappa shape index (κ3) is 5.84. The molecule has 1 aliphatic rings. The summed E-state index contributed by atoms with van der Waals surface area (Å²) in [5.74, 6) is 0.328. The first-order chi connectivity index (χ1) is 14.6. The van der Waals surface area contributed by atoms with Crippen LogP contribution in [0, 0.1) is 0 Å². The monoisotopic (exact) mass is 412 g/mol. The Balaban J connectivity index is 1.61. The van der Waals surface area contributed by atoms with E-state index < -0.39 is 11.9 Å². The Morgan fingerprint density at radius 2 is 1.90 bits per heavy atom. The topological polar surface area (TPSA) is 80.3 Å². The van der Waals surface area contributed by atoms with Crippen molar-refractivity contribution in [1.29, 1.82) is 0 Å². The summed E-state index contributed by atoms with van der Waals surface area (Å²) in [6.07, 6.45) is 5.07. The zero-order valence-electron chi connectivity index (χ0n) is 17.0. The van der Waals surface area contributed by atoms with E-state index in [1.165, 1.54) is 20.3 Å². The molecule has 0 N–H and O–H groups in total. The largest absolute Gasteiger partial charge is 0.493 e. The minimum atomic E-state index is -0.517. The highest BCUT2D eigenvalue weighted by atomic mass is 16.6. The molecule has 30 heavy (non-hydrogen) atoms. The minimum Gasteiger partial charge on any atom is -0.493 e. The molecule has 1 atom stereocenters. The fourth-order valence-electron chi connectivity index (χ4n) is 2.92. The zero-order valence-corrected chi connectivity index (χ0v) is 17.0. The van der Waals surface area contributed by atoms with Gasteiger partial charge in [-0.2, -0.15) is 0 Å². The van der Waals surface area contributed by atoms with Crippen LogP contribution in [-0.2, 0) is 14.3 Å². The molecule has 2 aromatic rings. The summed E-state index contributed by atoms with van der Waals surface area (Å²) >= 11 is 0. The van der Waals surface area contributed by atoms with Crippen molar-refractivity contribution < 1.29 is 33.3 Å². The Morgan fingerprint density at radius 3 is 2.57 bits per heavy atom. The molecule has 1 fully saturated rings. The SMILES string of the molecule is COC(=O)/C=C/c1ccc(OC(=O)c2ccc(OCC3CCCO3)cc2)c(OC)c1. The van der Waals surface area contributed by atoms with Crippen LogP contribution in [0.15, 0.2) is 48.5 Å². The first-order valence-electron chi connectivity index (χ1n) is 9.59. The summed E-state index contributed by atoms with van der Waals surface area (Å²) < 4.78 is 26.6. The van der Waals surface area contributed by atoms with Gasteiger partial charge in [-0.05, 0) is 60.9 Å². The summed E-state index contributed by atoms with van der Waals surface area (Å²) in [6, 6.07) is 11.7. The average molecular weight is 412 g/mol. The predicted molar refractivity (Wildman–Crippen MR) is 110 cm³/mol. The molecule has 7 heteroatoms. The van der Waals surface area contributed by atoms with Crippen molar-refractivity contribution >= 4 is 18.0 Å². The highest BCUT2D eigenvalue weighted by Gasteiger charge is 2.16. The molecule has 158 valence electrons. The lowest BCUT2D eigenvalue weighted by atomic mass is 10.2. The van der Waals surface area contributed by atoms with Gasteiger partial charge in [-0.15, -0.1) is 0 Å². The summed E-state index contributed by atoms with van der Waals surface area (Å²) in [4.78, 5) is 23.7. The quantitative estimate of drug-likeness (QED) is 0.372. The van der Waals surface area contributed by atoms with Crippen molar-refractivity contribution in [2.75, 3.05) is 27.4 Å². The third-order valence-electron chi connectivity index (χ3n) is 4.55. The number of ether oxygens (including phenoxy) is 5. The molecule has 0 saturated carbocycles. The van der Waals surface area contributed by atoms with Crippen LogP contribution in [-0.4, -0.2) is 45.5 Å². The second-order valence-electron chi connectivity index (χ2n) is 6.63. The van der Waals surface area contributed by atoms with Gasteiger partial charge in [0.2, 0.25) is 0 Å². The minimum absolute atomic E-state index is 0.132.